The third kappa shape index (κ3) is 5.36. The quantitative estimate of drug-likeness (QED) is 0.761. The van der Waals surface area contributed by atoms with Gasteiger partial charge in [0.2, 0.25) is 5.91 Å². The van der Waals surface area contributed by atoms with Gasteiger partial charge < -0.3 is 16.0 Å². The van der Waals surface area contributed by atoms with Gasteiger partial charge in [0.05, 0.1) is 6.42 Å². The number of nitrogens with zero attached hydrogens (tertiary/aromatic N) is 1. The number of nitrogens with two attached hydrogens (primary N) is 1. The van der Waals surface area contributed by atoms with Crippen LogP contribution in [0.15, 0.2) is 24.3 Å². The first-order chi connectivity index (χ1) is 8.90. The van der Waals surface area contributed by atoms with Crippen molar-refractivity contribution in [2.45, 2.75) is 19.4 Å². The summed E-state index contributed by atoms with van der Waals surface area (Å²) in [5, 5.41) is 2.92. The van der Waals surface area contributed by atoms with Crippen molar-refractivity contribution in [2.24, 2.45) is 5.73 Å². The van der Waals surface area contributed by atoms with E-state index in [4.69, 9.17) is 18.0 Å². The molecule has 1 unspecified atom stereocenters. The highest BCUT2D eigenvalue weighted by Crippen LogP contribution is 2.05. The van der Waals surface area contributed by atoms with Crippen molar-refractivity contribution in [3.63, 3.8) is 0 Å². The van der Waals surface area contributed by atoms with E-state index in [9.17, 15) is 4.79 Å². The first-order valence-electron chi connectivity index (χ1n) is 6.22. The van der Waals surface area contributed by atoms with Crippen LogP contribution in [-0.4, -0.2) is 42.5 Å². The summed E-state index contributed by atoms with van der Waals surface area (Å²) in [6.45, 7) is 2.72. The fourth-order valence-corrected chi connectivity index (χ4v) is 1.61. The second-order valence-electron chi connectivity index (χ2n) is 4.85. The lowest BCUT2D eigenvalue weighted by atomic mass is 10.1. The molecule has 0 fully saturated rings. The lowest BCUT2D eigenvalue weighted by Crippen LogP contribution is -2.38. The Bertz CT molecular complexity index is 443. The van der Waals surface area contributed by atoms with Gasteiger partial charge in [0.15, 0.2) is 0 Å². The zero-order valence-electron chi connectivity index (χ0n) is 11.6. The second kappa shape index (κ2) is 7.21. The van der Waals surface area contributed by atoms with Crippen LogP contribution in [0, 0.1) is 0 Å². The summed E-state index contributed by atoms with van der Waals surface area (Å²) in [4.78, 5) is 14.2. The van der Waals surface area contributed by atoms with Gasteiger partial charge in [-0.15, -0.1) is 0 Å². The van der Waals surface area contributed by atoms with Gasteiger partial charge in [-0.05, 0) is 26.6 Å². The zero-order chi connectivity index (χ0) is 14.4. The van der Waals surface area contributed by atoms with Crippen LogP contribution in [0.2, 0.25) is 0 Å². The SMILES string of the molecule is CC(CNC(=O)Cc1ccc(C(N)=S)cc1)N(C)C. The Kier molecular flexibility index (Phi) is 5.92. The maximum absolute atomic E-state index is 11.8. The summed E-state index contributed by atoms with van der Waals surface area (Å²) in [7, 11) is 3.98. The molecule has 1 amide bonds. The summed E-state index contributed by atoms with van der Waals surface area (Å²) in [5.74, 6) is 0.0248. The third-order valence-electron chi connectivity index (χ3n) is 3.08. The molecule has 0 aliphatic carbocycles. The highest BCUT2D eigenvalue weighted by Gasteiger charge is 2.08. The first kappa shape index (κ1) is 15.6. The van der Waals surface area contributed by atoms with Gasteiger partial charge in [0.1, 0.15) is 4.99 Å². The van der Waals surface area contributed by atoms with Crippen LogP contribution >= 0.6 is 12.2 Å². The van der Waals surface area contributed by atoms with E-state index in [1.807, 2.05) is 38.4 Å². The maximum atomic E-state index is 11.8. The summed E-state index contributed by atoms with van der Waals surface area (Å²) in [6.07, 6.45) is 0.373. The fraction of sp³-hybridized carbons (Fsp3) is 0.429. The van der Waals surface area contributed by atoms with Crippen LogP contribution in [0.1, 0.15) is 18.1 Å². The molecule has 5 heteroatoms. The average Bonchev–Trinajstić information content (AvgIpc) is 2.36. The maximum Gasteiger partial charge on any atom is 0.224 e. The highest BCUT2D eigenvalue weighted by atomic mass is 32.1. The van der Waals surface area contributed by atoms with E-state index in [1.54, 1.807) is 0 Å². The number of carbonyl (C=O) groups is 1. The van der Waals surface area contributed by atoms with E-state index >= 15 is 0 Å². The average molecular weight is 279 g/mol. The van der Waals surface area contributed by atoms with Gasteiger partial charge in [-0.2, -0.15) is 0 Å². The number of hydrogen-bond acceptors (Lipinski definition) is 3. The van der Waals surface area contributed by atoms with Crippen molar-refractivity contribution in [3.05, 3.63) is 35.4 Å². The number of benzene rings is 1. The van der Waals surface area contributed by atoms with Gasteiger partial charge >= 0.3 is 0 Å². The minimum Gasteiger partial charge on any atom is -0.389 e. The fourth-order valence-electron chi connectivity index (χ4n) is 1.48. The molecule has 0 radical (unpaired) electrons. The number of amides is 1. The molecule has 0 spiro atoms. The molecule has 0 aliphatic heterocycles. The molecule has 104 valence electrons. The molecule has 1 aromatic carbocycles. The Morgan fingerprint density at radius 3 is 2.42 bits per heavy atom. The number of nitrogens with one attached hydrogen (secondary N) is 1. The smallest absolute Gasteiger partial charge is 0.224 e. The predicted octanol–water partition coefficient (Wildman–Crippen LogP) is 0.930. The predicted molar refractivity (Wildman–Crippen MR) is 82.2 cm³/mol. The number of likely N-dealkylation sites (N-methyl/N-ethyl adjacent to an activating group) is 1. The topological polar surface area (TPSA) is 58.4 Å². The molecule has 1 atom stereocenters. The van der Waals surface area contributed by atoms with Crippen LogP contribution < -0.4 is 11.1 Å². The number of thiocarbonyl (C=S) groups is 1. The van der Waals surface area contributed by atoms with Crippen LogP contribution in [-0.2, 0) is 11.2 Å². The van der Waals surface area contributed by atoms with Crippen molar-refractivity contribution in [2.75, 3.05) is 20.6 Å². The molecule has 0 aromatic heterocycles. The molecule has 0 aliphatic rings. The largest absolute Gasteiger partial charge is 0.389 e. The van der Waals surface area contributed by atoms with Crippen LogP contribution in [0.25, 0.3) is 0 Å². The van der Waals surface area contributed by atoms with Gasteiger partial charge in [0, 0.05) is 18.2 Å². The van der Waals surface area contributed by atoms with E-state index in [0.717, 1.165) is 11.1 Å². The standard InChI is InChI=1S/C14H21N3OS/c1-10(17(2)3)9-16-13(18)8-11-4-6-12(7-5-11)14(15)19/h4-7,10H,8-9H2,1-3H3,(H2,15,19)(H,16,18). The molecule has 0 heterocycles. The van der Waals surface area contributed by atoms with Crippen molar-refractivity contribution in [3.8, 4) is 0 Å². The van der Waals surface area contributed by atoms with Crippen LogP contribution in [0.3, 0.4) is 0 Å². The molecule has 1 rings (SSSR count). The van der Waals surface area contributed by atoms with Crippen molar-refractivity contribution < 1.29 is 4.79 Å². The third-order valence-corrected chi connectivity index (χ3v) is 3.32. The van der Waals surface area contributed by atoms with Gasteiger partial charge in [-0.3, -0.25) is 4.79 Å². The monoisotopic (exact) mass is 279 g/mol. The summed E-state index contributed by atoms with van der Waals surface area (Å²) >= 11 is 4.88. The molecule has 1 aromatic rings. The van der Waals surface area contributed by atoms with Crippen molar-refractivity contribution >= 4 is 23.1 Å². The lowest BCUT2D eigenvalue weighted by Gasteiger charge is -2.19. The molecule has 0 saturated heterocycles. The molecule has 19 heavy (non-hydrogen) atoms. The second-order valence-corrected chi connectivity index (χ2v) is 5.29. The zero-order valence-corrected chi connectivity index (χ0v) is 12.5. The number of carbonyl (C=O) groups excluding carboxylic acids is 1. The first-order valence-corrected chi connectivity index (χ1v) is 6.63. The van der Waals surface area contributed by atoms with Crippen molar-refractivity contribution in [1.29, 1.82) is 0 Å². The summed E-state index contributed by atoms with van der Waals surface area (Å²) in [5.41, 5.74) is 7.30. The molecular weight excluding hydrogens is 258 g/mol. The Labute approximate surface area is 120 Å². The Morgan fingerprint density at radius 1 is 1.37 bits per heavy atom. The van der Waals surface area contributed by atoms with Gasteiger partial charge in [-0.25, -0.2) is 0 Å². The summed E-state index contributed by atoms with van der Waals surface area (Å²) < 4.78 is 0. The van der Waals surface area contributed by atoms with E-state index in [0.29, 0.717) is 24.0 Å². The Hall–Kier alpha value is -1.46. The van der Waals surface area contributed by atoms with Gasteiger partial charge in [-0.1, -0.05) is 36.5 Å². The van der Waals surface area contributed by atoms with Crippen molar-refractivity contribution in [1.82, 2.24) is 10.2 Å². The minimum atomic E-state index is 0.0248. The van der Waals surface area contributed by atoms with E-state index in [2.05, 4.69) is 17.1 Å². The highest BCUT2D eigenvalue weighted by molar-refractivity contribution is 7.80. The number of hydrogen-bond donors (Lipinski definition) is 2. The Balaban J connectivity index is 2.46. The molecule has 3 N–H and O–H groups in total. The van der Waals surface area contributed by atoms with Crippen LogP contribution in [0.5, 0.6) is 0 Å². The van der Waals surface area contributed by atoms with E-state index in [-0.39, 0.29) is 5.91 Å². The van der Waals surface area contributed by atoms with E-state index < -0.39 is 0 Å². The Morgan fingerprint density at radius 2 is 1.95 bits per heavy atom. The minimum absolute atomic E-state index is 0.0248. The molecular formula is C14H21N3OS. The molecule has 0 bridgehead atoms. The van der Waals surface area contributed by atoms with Crippen LogP contribution in [0.4, 0.5) is 0 Å². The summed E-state index contributed by atoms with van der Waals surface area (Å²) in [6, 6.07) is 7.76. The molecule has 0 saturated carbocycles. The normalized spacial score (nSPS) is 12.2. The lowest BCUT2D eigenvalue weighted by molar-refractivity contribution is -0.120. The molecule has 4 nitrogen and oxygen atoms in total. The number of rotatable bonds is 6. The van der Waals surface area contributed by atoms with Gasteiger partial charge in [0.25, 0.3) is 0 Å². The van der Waals surface area contributed by atoms with E-state index in [1.165, 1.54) is 0 Å².